The van der Waals surface area contributed by atoms with Gasteiger partial charge in [0.2, 0.25) is 0 Å². The SMILES string of the molecule is CCC(CCOC)OC1=Cc2c(c3c(oc2=O)C=C(O)CC3)CC1. The fourth-order valence-corrected chi connectivity index (χ4v) is 3.33. The molecule has 5 heteroatoms. The quantitative estimate of drug-likeness (QED) is 0.862. The molecule has 0 saturated carbocycles. The summed E-state index contributed by atoms with van der Waals surface area (Å²) in [6, 6.07) is 0. The van der Waals surface area contributed by atoms with Crippen LogP contribution in [0.2, 0.25) is 0 Å². The van der Waals surface area contributed by atoms with E-state index in [-0.39, 0.29) is 17.5 Å². The number of allylic oxidation sites excluding steroid dienone is 2. The van der Waals surface area contributed by atoms with E-state index >= 15 is 0 Å². The number of hydrogen-bond acceptors (Lipinski definition) is 5. The molecule has 0 aromatic carbocycles. The first-order chi connectivity index (χ1) is 11.6. The molecule has 130 valence electrons. The van der Waals surface area contributed by atoms with E-state index in [1.54, 1.807) is 13.2 Å². The number of hydrogen-bond donors (Lipinski definition) is 1. The van der Waals surface area contributed by atoms with Crippen LogP contribution in [-0.4, -0.2) is 24.9 Å². The van der Waals surface area contributed by atoms with Crippen molar-refractivity contribution in [2.45, 2.75) is 51.6 Å². The molecule has 1 heterocycles. The number of ether oxygens (including phenoxy) is 2. The third-order valence-electron chi connectivity index (χ3n) is 4.68. The van der Waals surface area contributed by atoms with E-state index in [4.69, 9.17) is 13.9 Å². The maximum atomic E-state index is 12.3. The topological polar surface area (TPSA) is 68.9 Å². The van der Waals surface area contributed by atoms with Crippen LogP contribution in [0.3, 0.4) is 0 Å². The summed E-state index contributed by atoms with van der Waals surface area (Å²) >= 11 is 0. The number of methoxy groups -OCH3 is 1. The minimum absolute atomic E-state index is 0.0994. The summed E-state index contributed by atoms with van der Waals surface area (Å²) in [7, 11) is 1.68. The van der Waals surface area contributed by atoms with Crippen molar-refractivity contribution < 1.29 is 19.0 Å². The molecule has 0 amide bonds. The summed E-state index contributed by atoms with van der Waals surface area (Å²) in [6.07, 6.45) is 8.08. The zero-order valence-corrected chi connectivity index (χ0v) is 14.3. The molecule has 0 spiro atoms. The van der Waals surface area contributed by atoms with E-state index in [9.17, 15) is 9.90 Å². The van der Waals surface area contributed by atoms with Crippen molar-refractivity contribution in [2.75, 3.05) is 13.7 Å². The van der Waals surface area contributed by atoms with Gasteiger partial charge in [-0.1, -0.05) is 6.92 Å². The highest BCUT2D eigenvalue weighted by Crippen LogP contribution is 2.32. The Bertz CT molecular complexity index is 726. The molecule has 0 bridgehead atoms. The molecular formula is C19H24O5. The lowest BCUT2D eigenvalue weighted by Gasteiger charge is -2.24. The highest BCUT2D eigenvalue weighted by molar-refractivity contribution is 5.63. The maximum absolute atomic E-state index is 12.3. The highest BCUT2D eigenvalue weighted by atomic mass is 16.5. The van der Waals surface area contributed by atoms with Crippen molar-refractivity contribution in [1.29, 1.82) is 0 Å². The Morgan fingerprint density at radius 3 is 2.75 bits per heavy atom. The lowest BCUT2D eigenvalue weighted by molar-refractivity contribution is 0.0705. The molecule has 1 N–H and O–H groups in total. The van der Waals surface area contributed by atoms with Gasteiger partial charge in [0.15, 0.2) is 0 Å². The van der Waals surface area contributed by atoms with Gasteiger partial charge >= 0.3 is 5.63 Å². The molecule has 0 radical (unpaired) electrons. The Balaban J connectivity index is 1.88. The summed E-state index contributed by atoms with van der Waals surface area (Å²) in [5, 5.41) is 9.65. The molecule has 0 aliphatic heterocycles. The van der Waals surface area contributed by atoms with Gasteiger partial charge in [-0.15, -0.1) is 0 Å². The zero-order valence-electron chi connectivity index (χ0n) is 14.3. The average molecular weight is 332 g/mol. The van der Waals surface area contributed by atoms with Crippen molar-refractivity contribution in [3.8, 4) is 0 Å². The summed E-state index contributed by atoms with van der Waals surface area (Å²) < 4.78 is 16.6. The average Bonchev–Trinajstić information content (AvgIpc) is 2.58. The second kappa shape index (κ2) is 7.26. The van der Waals surface area contributed by atoms with Gasteiger partial charge in [-0.25, -0.2) is 4.79 Å². The summed E-state index contributed by atoms with van der Waals surface area (Å²) in [5.74, 6) is 1.61. The Labute approximate surface area is 141 Å². The first-order valence-electron chi connectivity index (χ1n) is 8.57. The Hall–Kier alpha value is -2.01. The van der Waals surface area contributed by atoms with Gasteiger partial charge in [0, 0.05) is 39.1 Å². The van der Waals surface area contributed by atoms with E-state index in [0.29, 0.717) is 30.8 Å². The minimum atomic E-state index is -0.361. The van der Waals surface area contributed by atoms with Crippen LogP contribution in [0.15, 0.2) is 20.7 Å². The summed E-state index contributed by atoms with van der Waals surface area (Å²) in [4.78, 5) is 12.3. The molecule has 1 aromatic heterocycles. The number of fused-ring (bicyclic) bond motifs is 3. The van der Waals surface area contributed by atoms with Crippen LogP contribution in [0.1, 0.15) is 55.1 Å². The highest BCUT2D eigenvalue weighted by Gasteiger charge is 2.25. The van der Waals surface area contributed by atoms with Gasteiger partial charge in [-0.3, -0.25) is 0 Å². The van der Waals surface area contributed by atoms with Crippen molar-refractivity contribution in [1.82, 2.24) is 0 Å². The molecule has 24 heavy (non-hydrogen) atoms. The minimum Gasteiger partial charge on any atom is -0.512 e. The van der Waals surface area contributed by atoms with E-state index in [2.05, 4.69) is 6.92 Å². The van der Waals surface area contributed by atoms with Crippen LogP contribution in [0.25, 0.3) is 12.2 Å². The molecule has 0 saturated heterocycles. The lowest BCUT2D eigenvalue weighted by Crippen LogP contribution is -2.20. The maximum Gasteiger partial charge on any atom is 0.343 e. The molecule has 2 aliphatic rings. The van der Waals surface area contributed by atoms with Crippen LogP contribution in [0, 0.1) is 0 Å². The van der Waals surface area contributed by atoms with Crippen molar-refractivity contribution in [3.05, 3.63) is 44.4 Å². The standard InChI is InChI=1S/C19H24O5/c1-3-13(8-9-22-2)23-14-5-7-15-16-6-4-12(20)10-18(16)24-19(21)17(15)11-14/h10-11,13,20H,3-9H2,1-2H3. The fourth-order valence-electron chi connectivity index (χ4n) is 3.33. The Morgan fingerprint density at radius 2 is 2.00 bits per heavy atom. The lowest BCUT2D eigenvalue weighted by atomic mass is 9.88. The molecule has 2 aliphatic carbocycles. The normalized spacial score (nSPS) is 17.4. The van der Waals surface area contributed by atoms with Gasteiger partial charge < -0.3 is 19.0 Å². The monoisotopic (exact) mass is 332 g/mol. The van der Waals surface area contributed by atoms with E-state index in [1.165, 1.54) is 0 Å². The molecule has 5 nitrogen and oxygen atoms in total. The van der Waals surface area contributed by atoms with Gasteiger partial charge in [-0.2, -0.15) is 0 Å². The second-order valence-corrected chi connectivity index (χ2v) is 6.30. The van der Waals surface area contributed by atoms with Gasteiger partial charge in [0.05, 0.1) is 17.1 Å². The van der Waals surface area contributed by atoms with Gasteiger partial charge in [0.1, 0.15) is 11.9 Å². The molecule has 1 atom stereocenters. The summed E-state index contributed by atoms with van der Waals surface area (Å²) in [5.41, 5.74) is 2.33. The Kier molecular flexibility index (Phi) is 5.09. The molecule has 1 aromatic rings. The zero-order chi connectivity index (χ0) is 17.1. The number of aliphatic hydroxyl groups excluding tert-OH is 1. The van der Waals surface area contributed by atoms with E-state index < -0.39 is 0 Å². The predicted molar refractivity (Wildman–Crippen MR) is 91.9 cm³/mol. The van der Waals surface area contributed by atoms with Crippen LogP contribution in [0.5, 0.6) is 0 Å². The predicted octanol–water partition coefficient (Wildman–Crippen LogP) is 3.60. The number of rotatable bonds is 6. The van der Waals surface area contributed by atoms with Crippen molar-refractivity contribution in [2.24, 2.45) is 0 Å². The number of aliphatic hydroxyl groups is 1. The second-order valence-electron chi connectivity index (χ2n) is 6.30. The van der Waals surface area contributed by atoms with Crippen molar-refractivity contribution >= 4 is 12.2 Å². The smallest absolute Gasteiger partial charge is 0.343 e. The molecule has 0 fully saturated rings. The molecule has 1 unspecified atom stereocenters. The molecular weight excluding hydrogens is 308 g/mol. The largest absolute Gasteiger partial charge is 0.512 e. The third kappa shape index (κ3) is 3.41. The van der Waals surface area contributed by atoms with Gasteiger partial charge in [0.25, 0.3) is 0 Å². The third-order valence-corrected chi connectivity index (χ3v) is 4.68. The first kappa shape index (κ1) is 16.8. The van der Waals surface area contributed by atoms with Crippen LogP contribution in [0.4, 0.5) is 0 Å². The molecule has 3 rings (SSSR count). The van der Waals surface area contributed by atoms with Crippen LogP contribution >= 0.6 is 0 Å². The summed E-state index contributed by atoms with van der Waals surface area (Å²) in [6.45, 7) is 2.75. The first-order valence-corrected chi connectivity index (χ1v) is 8.57. The van der Waals surface area contributed by atoms with Crippen molar-refractivity contribution in [3.63, 3.8) is 0 Å². The Morgan fingerprint density at radius 1 is 1.21 bits per heavy atom. The van der Waals surface area contributed by atoms with E-state index in [0.717, 1.165) is 42.6 Å². The van der Waals surface area contributed by atoms with Crippen LogP contribution < -0.4 is 5.63 Å². The van der Waals surface area contributed by atoms with Crippen LogP contribution in [-0.2, 0) is 22.3 Å². The van der Waals surface area contributed by atoms with Gasteiger partial charge in [-0.05, 0) is 36.5 Å². The van der Waals surface area contributed by atoms with E-state index in [1.807, 2.05) is 6.08 Å². The fraction of sp³-hybridized carbons (Fsp3) is 0.526.